The molecule has 0 saturated carbocycles. The third-order valence-electron chi connectivity index (χ3n) is 2.31. The molecule has 3 rings (SSSR count). The molecule has 1 N–H and O–H groups in total. The molecule has 1 aromatic carbocycles. The summed E-state index contributed by atoms with van der Waals surface area (Å²) in [6.45, 7) is 0.417. The summed E-state index contributed by atoms with van der Waals surface area (Å²) in [6, 6.07) is 9.61. The van der Waals surface area contributed by atoms with Gasteiger partial charge in [-0.2, -0.15) is 0 Å². The number of aromatic amines is 1. The number of nitrogens with one attached hydrogen (secondary N) is 1. The summed E-state index contributed by atoms with van der Waals surface area (Å²) in [5.41, 5.74) is 0. The van der Waals surface area contributed by atoms with Gasteiger partial charge in [-0.25, -0.2) is 10.1 Å². The second-order valence-corrected chi connectivity index (χ2v) is 5.12. The van der Waals surface area contributed by atoms with Crippen molar-refractivity contribution in [3.05, 3.63) is 46.4 Å². The fourth-order valence-corrected chi connectivity index (χ4v) is 2.35. The van der Waals surface area contributed by atoms with Gasteiger partial charge in [0.2, 0.25) is 0 Å². The van der Waals surface area contributed by atoms with Crippen LogP contribution >= 0.6 is 23.6 Å². The molecule has 0 bridgehead atoms. The number of benzene rings is 1. The molecular formula is C12H9N3O2S2. The fraction of sp³-hybridized carbons (Fsp3) is 0.0833. The lowest BCUT2D eigenvalue weighted by atomic mass is 10.3. The van der Waals surface area contributed by atoms with Crippen LogP contribution in [0.4, 0.5) is 0 Å². The first kappa shape index (κ1) is 12.1. The SMILES string of the molecule is S=c1[nH]nc(-c2cnc(COc3ccccc3)s2)o1. The Morgan fingerprint density at radius 3 is 2.89 bits per heavy atom. The van der Waals surface area contributed by atoms with E-state index in [9.17, 15) is 0 Å². The van der Waals surface area contributed by atoms with Crippen molar-refractivity contribution in [1.29, 1.82) is 0 Å². The van der Waals surface area contributed by atoms with Crippen molar-refractivity contribution in [3.63, 3.8) is 0 Å². The van der Waals surface area contributed by atoms with Gasteiger partial charge in [0, 0.05) is 0 Å². The molecule has 2 aromatic heterocycles. The second kappa shape index (κ2) is 5.33. The zero-order valence-electron chi connectivity index (χ0n) is 9.70. The summed E-state index contributed by atoms with van der Waals surface area (Å²) in [4.78, 5) is 5.34. The molecule has 0 saturated heterocycles. The highest BCUT2D eigenvalue weighted by Gasteiger charge is 2.09. The van der Waals surface area contributed by atoms with Crippen molar-refractivity contribution >= 4 is 23.6 Å². The minimum Gasteiger partial charge on any atom is -0.486 e. The Kier molecular flexibility index (Phi) is 3.39. The zero-order chi connectivity index (χ0) is 13.1. The van der Waals surface area contributed by atoms with Crippen LogP contribution in [0.3, 0.4) is 0 Å². The Balaban J connectivity index is 1.70. The Labute approximate surface area is 117 Å². The van der Waals surface area contributed by atoms with E-state index in [0.29, 0.717) is 12.5 Å². The predicted octanol–water partition coefficient (Wildman–Crippen LogP) is 3.43. The quantitative estimate of drug-likeness (QED) is 0.746. The maximum Gasteiger partial charge on any atom is 0.284 e. The van der Waals surface area contributed by atoms with E-state index < -0.39 is 0 Å². The molecule has 7 heteroatoms. The molecule has 5 nitrogen and oxygen atoms in total. The molecule has 0 unspecified atom stereocenters. The van der Waals surface area contributed by atoms with Crippen molar-refractivity contribution < 1.29 is 9.15 Å². The van der Waals surface area contributed by atoms with Crippen molar-refractivity contribution in [3.8, 4) is 16.5 Å². The first-order valence-electron chi connectivity index (χ1n) is 5.50. The van der Waals surface area contributed by atoms with E-state index in [1.54, 1.807) is 6.20 Å². The van der Waals surface area contributed by atoms with E-state index in [1.807, 2.05) is 30.3 Å². The molecule has 0 fully saturated rings. The van der Waals surface area contributed by atoms with Crippen molar-refractivity contribution in [2.45, 2.75) is 6.61 Å². The molecule has 0 aliphatic heterocycles. The van der Waals surface area contributed by atoms with Crippen molar-refractivity contribution in [1.82, 2.24) is 15.2 Å². The number of H-pyrrole nitrogens is 1. The van der Waals surface area contributed by atoms with Gasteiger partial charge in [-0.05, 0) is 24.4 Å². The van der Waals surface area contributed by atoms with Crippen molar-refractivity contribution in [2.24, 2.45) is 0 Å². The third kappa shape index (κ3) is 2.88. The first-order valence-corrected chi connectivity index (χ1v) is 6.72. The van der Waals surface area contributed by atoms with E-state index in [0.717, 1.165) is 15.6 Å². The number of thiazole rings is 1. The van der Waals surface area contributed by atoms with Gasteiger partial charge >= 0.3 is 0 Å². The van der Waals surface area contributed by atoms with Gasteiger partial charge in [0.1, 0.15) is 22.2 Å². The molecule has 3 aromatic rings. The topological polar surface area (TPSA) is 63.9 Å². The standard InChI is InChI=1S/C12H9N3O2S2/c18-12-15-14-11(17-12)9-6-13-10(19-9)7-16-8-4-2-1-3-5-8/h1-6H,7H2,(H,15,18). The molecule has 0 aliphatic carbocycles. The Morgan fingerprint density at radius 1 is 1.32 bits per heavy atom. The van der Waals surface area contributed by atoms with Gasteiger partial charge in [-0.15, -0.1) is 16.4 Å². The largest absolute Gasteiger partial charge is 0.486 e. The van der Waals surface area contributed by atoms with Crippen molar-refractivity contribution in [2.75, 3.05) is 0 Å². The molecule has 96 valence electrons. The highest BCUT2D eigenvalue weighted by molar-refractivity contribution is 7.71. The van der Waals surface area contributed by atoms with Crippen LogP contribution in [0.25, 0.3) is 10.8 Å². The molecule has 19 heavy (non-hydrogen) atoms. The number of para-hydroxylation sites is 1. The number of ether oxygens (including phenoxy) is 1. The van der Waals surface area contributed by atoms with E-state index in [4.69, 9.17) is 21.4 Å². The van der Waals surface area contributed by atoms with Gasteiger partial charge in [-0.1, -0.05) is 18.2 Å². The lowest BCUT2D eigenvalue weighted by Gasteiger charge is -2.02. The lowest BCUT2D eigenvalue weighted by molar-refractivity contribution is 0.305. The Morgan fingerprint density at radius 2 is 2.16 bits per heavy atom. The molecule has 0 aliphatic rings. The lowest BCUT2D eigenvalue weighted by Crippen LogP contribution is -1.93. The smallest absolute Gasteiger partial charge is 0.284 e. The van der Waals surface area contributed by atoms with Crippen LogP contribution < -0.4 is 4.74 Å². The summed E-state index contributed by atoms with van der Waals surface area (Å²) < 4.78 is 10.8. The van der Waals surface area contributed by atoms with Crippen LogP contribution in [0, 0.1) is 4.84 Å². The highest BCUT2D eigenvalue weighted by Crippen LogP contribution is 2.25. The van der Waals surface area contributed by atoms with Gasteiger partial charge in [-0.3, -0.25) is 0 Å². The maximum atomic E-state index is 5.61. The summed E-state index contributed by atoms with van der Waals surface area (Å²) in [7, 11) is 0. The molecule has 0 spiro atoms. The molecule has 0 atom stereocenters. The minimum absolute atomic E-state index is 0.255. The first-order chi connectivity index (χ1) is 9.31. The highest BCUT2D eigenvalue weighted by atomic mass is 32.1. The predicted molar refractivity (Wildman–Crippen MR) is 73.6 cm³/mol. The van der Waals surface area contributed by atoms with Crippen LogP contribution in [0.2, 0.25) is 0 Å². The van der Waals surface area contributed by atoms with E-state index >= 15 is 0 Å². The van der Waals surface area contributed by atoms with Crippen LogP contribution in [0.1, 0.15) is 5.01 Å². The summed E-state index contributed by atoms with van der Waals surface area (Å²) in [5, 5.41) is 7.38. The van der Waals surface area contributed by atoms with E-state index in [1.165, 1.54) is 11.3 Å². The van der Waals surface area contributed by atoms with Crippen LogP contribution in [0.5, 0.6) is 5.75 Å². The Bertz CT molecular complexity index is 718. The van der Waals surface area contributed by atoms with Crippen LogP contribution in [-0.2, 0) is 6.61 Å². The average molecular weight is 291 g/mol. The molecule has 0 amide bonds. The van der Waals surface area contributed by atoms with Gasteiger partial charge < -0.3 is 9.15 Å². The monoisotopic (exact) mass is 291 g/mol. The molecule has 2 heterocycles. The number of rotatable bonds is 4. The van der Waals surface area contributed by atoms with Crippen LogP contribution in [-0.4, -0.2) is 15.2 Å². The van der Waals surface area contributed by atoms with Gasteiger partial charge in [0.05, 0.1) is 6.20 Å². The van der Waals surface area contributed by atoms with E-state index in [-0.39, 0.29) is 4.84 Å². The molecule has 0 radical (unpaired) electrons. The number of nitrogens with zero attached hydrogens (tertiary/aromatic N) is 2. The normalized spacial score (nSPS) is 10.5. The molecular weight excluding hydrogens is 282 g/mol. The third-order valence-corrected chi connectivity index (χ3v) is 3.44. The number of hydrogen-bond donors (Lipinski definition) is 1. The van der Waals surface area contributed by atoms with Gasteiger partial charge in [0.25, 0.3) is 10.7 Å². The Hall–Kier alpha value is -1.99. The fourth-order valence-electron chi connectivity index (χ4n) is 1.47. The van der Waals surface area contributed by atoms with E-state index in [2.05, 4.69) is 15.2 Å². The maximum absolute atomic E-state index is 5.61. The summed E-state index contributed by atoms with van der Waals surface area (Å²) in [5.74, 6) is 1.27. The number of aromatic nitrogens is 3. The summed E-state index contributed by atoms with van der Waals surface area (Å²) >= 11 is 6.29. The second-order valence-electron chi connectivity index (χ2n) is 3.64. The minimum atomic E-state index is 0.255. The number of hydrogen-bond acceptors (Lipinski definition) is 6. The van der Waals surface area contributed by atoms with Gasteiger partial charge in [0.15, 0.2) is 0 Å². The summed E-state index contributed by atoms with van der Waals surface area (Å²) in [6.07, 6.45) is 1.70. The van der Waals surface area contributed by atoms with Crippen LogP contribution in [0.15, 0.2) is 40.9 Å². The average Bonchev–Trinajstić information content (AvgIpc) is 3.06. The zero-order valence-corrected chi connectivity index (χ0v) is 11.3.